The molecular weight excluding hydrogens is 136 g/mol. The fourth-order valence-corrected chi connectivity index (χ4v) is 1.96. The molecule has 0 aromatic heterocycles. The third-order valence-electron chi connectivity index (χ3n) is 2.86. The molecule has 0 aliphatic heterocycles. The Kier molecular flexibility index (Phi) is 1.43. The van der Waals surface area contributed by atoms with E-state index < -0.39 is 0 Å². The van der Waals surface area contributed by atoms with E-state index in [9.17, 15) is 5.11 Å². The molecule has 1 heteroatoms. The molecule has 1 spiro atoms. The largest absolute Gasteiger partial charge is 0.389 e. The van der Waals surface area contributed by atoms with Gasteiger partial charge in [-0.3, -0.25) is 0 Å². The Hall–Kier alpha value is -0.560. The monoisotopic (exact) mass is 150 g/mol. The van der Waals surface area contributed by atoms with E-state index in [1.54, 1.807) is 0 Å². The van der Waals surface area contributed by atoms with Gasteiger partial charge in [-0.1, -0.05) is 31.2 Å². The van der Waals surface area contributed by atoms with Crippen LogP contribution in [-0.2, 0) is 0 Å². The van der Waals surface area contributed by atoms with Crippen LogP contribution in [0.5, 0.6) is 0 Å². The maximum atomic E-state index is 9.42. The lowest BCUT2D eigenvalue weighted by Gasteiger charge is -2.39. The number of allylic oxidation sites excluding steroid dienone is 3. The van der Waals surface area contributed by atoms with Crippen molar-refractivity contribution in [1.29, 1.82) is 0 Å². The highest BCUT2D eigenvalue weighted by atomic mass is 16.3. The Balaban J connectivity index is 2.18. The van der Waals surface area contributed by atoms with Crippen LogP contribution in [0.4, 0.5) is 0 Å². The molecule has 2 aliphatic rings. The Morgan fingerprint density at radius 1 is 1.45 bits per heavy atom. The van der Waals surface area contributed by atoms with E-state index >= 15 is 0 Å². The van der Waals surface area contributed by atoms with Gasteiger partial charge in [0.25, 0.3) is 0 Å². The molecule has 1 N–H and O–H groups in total. The summed E-state index contributed by atoms with van der Waals surface area (Å²) in [6.45, 7) is 2.11. The first-order valence-corrected chi connectivity index (χ1v) is 4.27. The molecular formula is C10H14O. The van der Waals surface area contributed by atoms with Gasteiger partial charge in [0, 0.05) is 5.41 Å². The molecule has 0 bridgehead atoms. The minimum absolute atomic E-state index is 0.213. The highest BCUT2D eigenvalue weighted by Crippen LogP contribution is 2.44. The molecule has 3 unspecified atom stereocenters. The first-order chi connectivity index (χ1) is 5.22. The van der Waals surface area contributed by atoms with Gasteiger partial charge < -0.3 is 5.11 Å². The highest BCUT2D eigenvalue weighted by Gasteiger charge is 2.35. The van der Waals surface area contributed by atoms with Crippen molar-refractivity contribution in [2.75, 3.05) is 0 Å². The number of hydrogen-bond acceptors (Lipinski definition) is 1. The molecule has 11 heavy (non-hydrogen) atoms. The highest BCUT2D eigenvalue weighted by molar-refractivity contribution is 5.25. The van der Waals surface area contributed by atoms with Crippen LogP contribution in [-0.4, -0.2) is 11.2 Å². The molecule has 3 atom stereocenters. The molecule has 0 amide bonds. The average Bonchev–Trinajstić information content (AvgIpc) is 1.92. The second-order valence-electron chi connectivity index (χ2n) is 3.87. The predicted molar refractivity (Wildman–Crippen MR) is 45.1 cm³/mol. The van der Waals surface area contributed by atoms with Crippen LogP contribution in [0, 0.1) is 11.3 Å². The number of hydrogen-bond donors (Lipinski definition) is 1. The molecule has 0 fully saturated rings. The van der Waals surface area contributed by atoms with Crippen molar-refractivity contribution in [1.82, 2.24) is 0 Å². The fraction of sp³-hybridized carbons (Fsp3) is 0.600. The summed E-state index contributed by atoms with van der Waals surface area (Å²) >= 11 is 0. The molecule has 0 radical (unpaired) electrons. The minimum Gasteiger partial charge on any atom is -0.389 e. The number of aliphatic hydroxyl groups is 1. The van der Waals surface area contributed by atoms with Gasteiger partial charge in [-0.05, 0) is 18.8 Å². The van der Waals surface area contributed by atoms with Crippen LogP contribution in [0.15, 0.2) is 24.3 Å². The zero-order chi connectivity index (χ0) is 7.90. The number of aliphatic hydroxyl groups excluding tert-OH is 1. The van der Waals surface area contributed by atoms with Crippen LogP contribution in [0.3, 0.4) is 0 Å². The Morgan fingerprint density at radius 2 is 2.18 bits per heavy atom. The lowest BCUT2D eigenvalue weighted by Crippen LogP contribution is -2.32. The van der Waals surface area contributed by atoms with Gasteiger partial charge in [0.2, 0.25) is 0 Å². The van der Waals surface area contributed by atoms with E-state index in [-0.39, 0.29) is 6.10 Å². The SMILES string of the molecule is CC1CC2(C=CC2)C=CC1O. The van der Waals surface area contributed by atoms with Crippen molar-refractivity contribution in [2.45, 2.75) is 25.9 Å². The van der Waals surface area contributed by atoms with Gasteiger partial charge in [0.05, 0.1) is 6.10 Å². The second kappa shape index (κ2) is 2.21. The summed E-state index contributed by atoms with van der Waals surface area (Å²) in [5.41, 5.74) is 0.332. The molecule has 60 valence electrons. The quantitative estimate of drug-likeness (QED) is 0.523. The molecule has 2 rings (SSSR count). The molecule has 0 aromatic carbocycles. The van der Waals surface area contributed by atoms with Crippen molar-refractivity contribution in [2.24, 2.45) is 11.3 Å². The topological polar surface area (TPSA) is 20.2 Å². The summed E-state index contributed by atoms with van der Waals surface area (Å²) in [7, 11) is 0. The Morgan fingerprint density at radius 3 is 2.64 bits per heavy atom. The zero-order valence-electron chi connectivity index (χ0n) is 6.83. The van der Waals surface area contributed by atoms with E-state index in [1.165, 1.54) is 6.42 Å². The maximum absolute atomic E-state index is 9.42. The van der Waals surface area contributed by atoms with Crippen LogP contribution < -0.4 is 0 Å². The molecule has 0 saturated heterocycles. The summed E-state index contributed by atoms with van der Waals surface area (Å²) in [5, 5.41) is 9.42. The summed E-state index contributed by atoms with van der Waals surface area (Å²) in [6, 6.07) is 0. The first kappa shape index (κ1) is 7.11. The maximum Gasteiger partial charge on any atom is 0.0747 e. The second-order valence-corrected chi connectivity index (χ2v) is 3.87. The summed E-state index contributed by atoms with van der Waals surface area (Å²) in [5.74, 6) is 0.421. The van der Waals surface area contributed by atoms with Crippen molar-refractivity contribution >= 4 is 0 Å². The van der Waals surface area contributed by atoms with Crippen LogP contribution in [0.2, 0.25) is 0 Å². The lowest BCUT2D eigenvalue weighted by atomic mass is 9.66. The minimum atomic E-state index is -0.213. The van der Waals surface area contributed by atoms with Gasteiger partial charge in [-0.2, -0.15) is 0 Å². The van der Waals surface area contributed by atoms with Crippen molar-refractivity contribution in [3.8, 4) is 0 Å². The zero-order valence-corrected chi connectivity index (χ0v) is 6.83. The Labute approximate surface area is 67.4 Å². The van der Waals surface area contributed by atoms with E-state index in [0.29, 0.717) is 11.3 Å². The predicted octanol–water partition coefficient (Wildman–Crippen LogP) is 1.89. The third kappa shape index (κ3) is 1.04. The van der Waals surface area contributed by atoms with Crippen LogP contribution >= 0.6 is 0 Å². The third-order valence-corrected chi connectivity index (χ3v) is 2.86. The average molecular weight is 150 g/mol. The summed E-state index contributed by atoms with van der Waals surface area (Å²) < 4.78 is 0. The smallest absolute Gasteiger partial charge is 0.0747 e. The van der Waals surface area contributed by atoms with E-state index in [2.05, 4.69) is 25.2 Å². The normalized spacial score (nSPS) is 47.8. The van der Waals surface area contributed by atoms with Crippen molar-refractivity contribution in [3.63, 3.8) is 0 Å². The Bertz CT molecular complexity index is 217. The molecule has 0 aromatic rings. The molecule has 2 aliphatic carbocycles. The standard InChI is InChI=1S/C10H14O/c1-8-7-10(4-2-5-10)6-3-9(8)11/h2-4,6,8-9,11H,5,7H2,1H3. The van der Waals surface area contributed by atoms with E-state index in [1.807, 2.05) is 6.08 Å². The molecule has 0 heterocycles. The van der Waals surface area contributed by atoms with Crippen molar-refractivity contribution in [3.05, 3.63) is 24.3 Å². The lowest BCUT2D eigenvalue weighted by molar-refractivity contribution is 0.122. The fourth-order valence-electron chi connectivity index (χ4n) is 1.96. The first-order valence-electron chi connectivity index (χ1n) is 4.27. The van der Waals surface area contributed by atoms with Gasteiger partial charge in [0.15, 0.2) is 0 Å². The van der Waals surface area contributed by atoms with E-state index in [4.69, 9.17) is 0 Å². The summed E-state index contributed by atoms with van der Waals surface area (Å²) in [6.07, 6.45) is 10.6. The summed E-state index contributed by atoms with van der Waals surface area (Å²) in [4.78, 5) is 0. The van der Waals surface area contributed by atoms with Crippen LogP contribution in [0.1, 0.15) is 19.8 Å². The van der Waals surface area contributed by atoms with Gasteiger partial charge in [-0.15, -0.1) is 0 Å². The van der Waals surface area contributed by atoms with Gasteiger partial charge >= 0.3 is 0 Å². The molecule has 0 saturated carbocycles. The van der Waals surface area contributed by atoms with Gasteiger partial charge in [0.1, 0.15) is 0 Å². The van der Waals surface area contributed by atoms with Crippen LogP contribution in [0.25, 0.3) is 0 Å². The number of rotatable bonds is 0. The van der Waals surface area contributed by atoms with Gasteiger partial charge in [-0.25, -0.2) is 0 Å². The van der Waals surface area contributed by atoms with Crippen molar-refractivity contribution < 1.29 is 5.11 Å². The van der Waals surface area contributed by atoms with E-state index in [0.717, 1.165) is 6.42 Å². The molecule has 1 nitrogen and oxygen atoms in total.